The number of hydrogen-bond acceptors (Lipinski definition) is 4. The van der Waals surface area contributed by atoms with Crippen molar-refractivity contribution in [2.24, 2.45) is 0 Å². The molecule has 2 N–H and O–H groups in total. The summed E-state index contributed by atoms with van der Waals surface area (Å²) in [4.78, 5) is 8.12. The third-order valence-electron chi connectivity index (χ3n) is 4.73. The van der Waals surface area contributed by atoms with E-state index in [1.165, 1.54) is 0 Å². The molecule has 0 saturated heterocycles. The van der Waals surface area contributed by atoms with Crippen LogP contribution in [0.3, 0.4) is 0 Å². The highest BCUT2D eigenvalue weighted by Crippen LogP contribution is 2.46. The molecule has 148 valence electrons. The maximum absolute atomic E-state index is 11.5. The molecule has 0 aliphatic carbocycles. The Balaban J connectivity index is 1.75. The predicted molar refractivity (Wildman–Crippen MR) is 120 cm³/mol. The summed E-state index contributed by atoms with van der Waals surface area (Å²) >= 11 is 1.64. The highest BCUT2D eigenvalue weighted by Gasteiger charge is 2.31. The number of sulfonamides is 1. The van der Waals surface area contributed by atoms with E-state index in [0.29, 0.717) is 5.69 Å². The molecular formula is C22H21N3O2S2. The first-order valence-corrected chi connectivity index (χ1v) is 11.8. The summed E-state index contributed by atoms with van der Waals surface area (Å²) in [5.74, 6) is 0. The smallest absolute Gasteiger partial charge is 0.229 e. The summed E-state index contributed by atoms with van der Waals surface area (Å²) in [5.41, 5.74) is 4.65. The van der Waals surface area contributed by atoms with Crippen molar-refractivity contribution in [1.29, 1.82) is 0 Å². The van der Waals surface area contributed by atoms with Gasteiger partial charge in [-0.15, -0.1) is 0 Å². The van der Waals surface area contributed by atoms with Crippen molar-refractivity contribution in [3.05, 3.63) is 90.0 Å². The van der Waals surface area contributed by atoms with Crippen LogP contribution in [0.5, 0.6) is 0 Å². The van der Waals surface area contributed by atoms with E-state index in [0.717, 1.165) is 33.6 Å². The van der Waals surface area contributed by atoms with Crippen LogP contribution < -0.4 is 4.72 Å². The molecule has 5 nitrogen and oxygen atoms in total. The summed E-state index contributed by atoms with van der Waals surface area (Å²) in [6, 6.07) is 25.7. The highest BCUT2D eigenvalue weighted by molar-refractivity contribution is 8.00. The maximum Gasteiger partial charge on any atom is 0.229 e. The Bertz CT molecular complexity index is 1200. The van der Waals surface area contributed by atoms with Crippen LogP contribution in [0.2, 0.25) is 0 Å². The van der Waals surface area contributed by atoms with Crippen LogP contribution >= 0.6 is 11.8 Å². The average Bonchev–Trinajstić information content (AvgIpc) is 3.10. The van der Waals surface area contributed by atoms with Gasteiger partial charge in [0.25, 0.3) is 0 Å². The number of nitrogens with one attached hydrogen (secondary N) is 2. The van der Waals surface area contributed by atoms with Crippen LogP contribution in [-0.4, -0.2) is 24.6 Å². The summed E-state index contributed by atoms with van der Waals surface area (Å²) in [6.07, 6.45) is 1.15. The first kappa shape index (κ1) is 19.5. The predicted octanol–water partition coefficient (Wildman–Crippen LogP) is 4.99. The number of H-pyrrole nitrogens is 1. The van der Waals surface area contributed by atoms with Crippen molar-refractivity contribution in [3.8, 4) is 0 Å². The lowest BCUT2D eigenvalue weighted by molar-refractivity contribution is 0.607. The standard InChI is InChI=1S/C22H21N3O2S2/c1-22(16-8-4-3-5-9-16,17-12-14-18(15-13-17)25-29(2,26)27)28-21-23-19-10-6-7-11-20(19)24-21/h3-15,25H,1-2H3,(H,23,24). The lowest BCUT2D eigenvalue weighted by Gasteiger charge is -2.29. The van der Waals surface area contributed by atoms with Crippen LogP contribution in [-0.2, 0) is 14.8 Å². The fourth-order valence-corrected chi connectivity index (χ4v) is 5.05. The number of fused-ring (bicyclic) bond motifs is 1. The SMILES string of the molecule is CC(Sc1nc2ccccc2[nH]1)(c1ccccc1)c1ccc(NS(C)(=O)=O)cc1. The second kappa shape index (κ2) is 7.57. The van der Waals surface area contributed by atoms with Crippen molar-refractivity contribution >= 4 is 38.5 Å². The van der Waals surface area contributed by atoms with Gasteiger partial charge < -0.3 is 4.98 Å². The summed E-state index contributed by atoms with van der Waals surface area (Å²) in [5, 5.41) is 0.830. The van der Waals surface area contributed by atoms with Crippen LogP contribution in [0.25, 0.3) is 11.0 Å². The minimum absolute atomic E-state index is 0.418. The first-order chi connectivity index (χ1) is 13.8. The zero-order valence-corrected chi connectivity index (χ0v) is 17.7. The molecule has 0 spiro atoms. The summed E-state index contributed by atoms with van der Waals surface area (Å²) in [7, 11) is -3.31. The number of anilines is 1. The van der Waals surface area contributed by atoms with Gasteiger partial charge in [0, 0.05) is 5.69 Å². The van der Waals surface area contributed by atoms with Crippen LogP contribution in [0.15, 0.2) is 84.0 Å². The first-order valence-electron chi connectivity index (χ1n) is 9.11. The molecule has 29 heavy (non-hydrogen) atoms. The van der Waals surface area contributed by atoms with Gasteiger partial charge >= 0.3 is 0 Å². The fourth-order valence-electron chi connectivity index (χ4n) is 3.28. The zero-order chi connectivity index (χ0) is 20.5. The molecule has 0 fully saturated rings. The maximum atomic E-state index is 11.5. The monoisotopic (exact) mass is 423 g/mol. The minimum Gasteiger partial charge on any atom is -0.333 e. The number of hydrogen-bond donors (Lipinski definition) is 2. The van der Waals surface area contributed by atoms with Gasteiger partial charge in [-0.2, -0.15) is 0 Å². The van der Waals surface area contributed by atoms with E-state index in [-0.39, 0.29) is 0 Å². The molecule has 4 aromatic rings. The van der Waals surface area contributed by atoms with E-state index in [1.54, 1.807) is 23.9 Å². The lowest BCUT2D eigenvalue weighted by Crippen LogP contribution is -2.19. The van der Waals surface area contributed by atoms with Crippen LogP contribution in [0.4, 0.5) is 5.69 Å². The minimum atomic E-state index is -3.31. The number of para-hydroxylation sites is 2. The van der Waals surface area contributed by atoms with Crippen molar-refractivity contribution < 1.29 is 8.42 Å². The molecule has 4 rings (SSSR count). The summed E-state index contributed by atoms with van der Waals surface area (Å²) in [6.45, 7) is 2.15. The van der Waals surface area contributed by atoms with Gasteiger partial charge in [0.15, 0.2) is 5.16 Å². The Hall–Kier alpha value is -2.77. The van der Waals surface area contributed by atoms with Gasteiger partial charge in [0.05, 0.1) is 22.0 Å². The van der Waals surface area contributed by atoms with Gasteiger partial charge in [0.2, 0.25) is 10.0 Å². The normalized spacial score (nSPS) is 13.9. The Morgan fingerprint density at radius 1 is 0.897 bits per heavy atom. The second-order valence-electron chi connectivity index (χ2n) is 7.01. The number of nitrogens with zero attached hydrogens (tertiary/aromatic N) is 1. The molecule has 1 unspecified atom stereocenters. The molecule has 0 saturated carbocycles. The molecule has 0 amide bonds. The molecule has 1 atom stereocenters. The van der Waals surface area contributed by atoms with E-state index < -0.39 is 14.8 Å². The van der Waals surface area contributed by atoms with E-state index in [1.807, 2.05) is 54.6 Å². The molecule has 1 aromatic heterocycles. The lowest BCUT2D eigenvalue weighted by atomic mass is 9.92. The Morgan fingerprint density at radius 2 is 1.52 bits per heavy atom. The zero-order valence-electron chi connectivity index (χ0n) is 16.1. The number of thioether (sulfide) groups is 1. The van der Waals surface area contributed by atoms with Gasteiger partial charge in [0.1, 0.15) is 0 Å². The second-order valence-corrected chi connectivity index (χ2v) is 10.2. The van der Waals surface area contributed by atoms with Crippen LogP contribution in [0.1, 0.15) is 18.1 Å². The van der Waals surface area contributed by atoms with Gasteiger partial charge in [-0.1, -0.05) is 66.4 Å². The number of rotatable bonds is 6. The molecule has 0 radical (unpaired) electrons. The molecule has 1 heterocycles. The van der Waals surface area contributed by atoms with Gasteiger partial charge in [-0.05, 0) is 42.3 Å². The Morgan fingerprint density at radius 3 is 2.17 bits per heavy atom. The molecule has 0 aliphatic heterocycles. The fraction of sp³-hybridized carbons (Fsp3) is 0.136. The van der Waals surface area contributed by atoms with Gasteiger partial charge in [-0.25, -0.2) is 13.4 Å². The third-order valence-corrected chi connectivity index (χ3v) is 6.60. The van der Waals surface area contributed by atoms with E-state index in [4.69, 9.17) is 4.98 Å². The molecule has 0 bridgehead atoms. The Kier molecular flexibility index (Phi) is 5.10. The highest BCUT2D eigenvalue weighted by atomic mass is 32.2. The Labute approximate surface area is 174 Å². The largest absolute Gasteiger partial charge is 0.333 e. The van der Waals surface area contributed by atoms with Crippen molar-refractivity contribution in [2.45, 2.75) is 16.8 Å². The van der Waals surface area contributed by atoms with Crippen molar-refractivity contribution in [1.82, 2.24) is 9.97 Å². The topological polar surface area (TPSA) is 74.8 Å². The van der Waals surface area contributed by atoms with E-state index in [2.05, 4.69) is 28.8 Å². The molecule has 7 heteroatoms. The quantitative estimate of drug-likeness (QED) is 0.429. The molecule has 0 aliphatic rings. The number of aromatic amines is 1. The van der Waals surface area contributed by atoms with Crippen molar-refractivity contribution in [2.75, 3.05) is 11.0 Å². The molecular weight excluding hydrogens is 402 g/mol. The third kappa shape index (κ3) is 4.31. The average molecular weight is 424 g/mol. The van der Waals surface area contributed by atoms with Gasteiger partial charge in [-0.3, -0.25) is 4.72 Å². The van der Waals surface area contributed by atoms with E-state index in [9.17, 15) is 8.42 Å². The van der Waals surface area contributed by atoms with E-state index >= 15 is 0 Å². The number of benzene rings is 3. The number of aromatic nitrogens is 2. The summed E-state index contributed by atoms with van der Waals surface area (Å²) < 4.78 is 25.1. The number of imidazole rings is 1. The van der Waals surface area contributed by atoms with Crippen LogP contribution in [0, 0.1) is 0 Å². The van der Waals surface area contributed by atoms with Crippen molar-refractivity contribution in [3.63, 3.8) is 0 Å². The molecule has 3 aromatic carbocycles.